The fourth-order valence-electron chi connectivity index (χ4n) is 2.75. The predicted octanol–water partition coefficient (Wildman–Crippen LogP) is 2.05. The monoisotopic (exact) mass is 243 g/mol. The van der Waals surface area contributed by atoms with Gasteiger partial charge in [0.15, 0.2) is 0 Å². The van der Waals surface area contributed by atoms with Crippen LogP contribution in [-0.4, -0.2) is 36.1 Å². The third-order valence-electron chi connectivity index (χ3n) is 3.82. The first-order valence-electron chi connectivity index (χ1n) is 6.99. The van der Waals surface area contributed by atoms with Crippen molar-refractivity contribution in [1.29, 1.82) is 0 Å². The highest BCUT2D eigenvalue weighted by Gasteiger charge is 2.11. The third-order valence-corrected chi connectivity index (χ3v) is 3.82. The van der Waals surface area contributed by atoms with E-state index in [0.717, 1.165) is 25.3 Å². The zero-order chi connectivity index (χ0) is 12.2. The van der Waals surface area contributed by atoms with E-state index in [2.05, 4.69) is 33.4 Å². The second kappa shape index (κ2) is 5.63. The van der Waals surface area contributed by atoms with Crippen molar-refractivity contribution in [2.24, 2.45) is 0 Å². The largest absolute Gasteiger partial charge is 0.309 e. The lowest BCUT2D eigenvalue weighted by atomic mass is 10.1. The molecule has 1 saturated heterocycles. The number of nitrogens with one attached hydrogen (secondary N) is 1. The van der Waals surface area contributed by atoms with Gasteiger partial charge in [-0.1, -0.05) is 18.6 Å². The number of piperidine rings is 1. The van der Waals surface area contributed by atoms with Gasteiger partial charge in [0.25, 0.3) is 0 Å². The molecular formula is C15H21N3. The molecule has 0 saturated carbocycles. The van der Waals surface area contributed by atoms with E-state index in [1.165, 1.54) is 43.5 Å². The minimum atomic E-state index is 0.957. The summed E-state index contributed by atoms with van der Waals surface area (Å²) in [6.07, 6.45) is 8.37. The Balaban J connectivity index is 1.63. The van der Waals surface area contributed by atoms with Crippen LogP contribution in [0.1, 0.15) is 30.5 Å². The number of pyridine rings is 1. The van der Waals surface area contributed by atoms with Crippen molar-refractivity contribution in [3.05, 3.63) is 35.7 Å². The van der Waals surface area contributed by atoms with Crippen LogP contribution < -0.4 is 5.32 Å². The van der Waals surface area contributed by atoms with Crippen molar-refractivity contribution in [1.82, 2.24) is 15.2 Å². The highest BCUT2D eigenvalue weighted by molar-refractivity contribution is 5.66. The molecule has 2 aliphatic heterocycles. The molecule has 0 radical (unpaired) electrons. The maximum absolute atomic E-state index is 4.59. The quantitative estimate of drug-likeness (QED) is 0.880. The van der Waals surface area contributed by atoms with Crippen LogP contribution in [0, 0.1) is 0 Å². The smallest absolute Gasteiger partial charge is 0.0672 e. The maximum atomic E-state index is 4.59. The topological polar surface area (TPSA) is 28.2 Å². The van der Waals surface area contributed by atoms with E-state index >= 15 is 0 Å². The number of likely N-dealkylation sites (tertiary alicyclic amines) is 1. The summed E-state index contributed by atoms with van der Waals surface area (Å²) in [5.74, 6) is 0. The summed E-state index contributed by atoms with van der Waals surface area (Å²) < 4.78 is 0. The molecule has 0 aliphatic carbocycles. The first kappa shape index (κ1) is 11.9. The number of rotatable bonds is 3. The fraction of sp³-hybridized carbons (Fsp3) is 0.533. The summed E-state index contributed by atoms with van der Waals surface area (Å²) in [4.78, 5) is 7.13. The number of nitrogens with zero attached hydrogens (tertiary/aromatic N) is 2. The zero-order valence-electron chi connectivity index (χ0n) is 10.9. The van der Waals surface area contributed by atoms with Gasteiger partial charge < -0.3 is 5.32 Å². The second-order valence-corrected chi connectivity index (χ2v) is 5.25. The molecule has 3 heteroatoms. The van der Waals surface area contributed by atoms with E-state index < -0.39 is 0 Å². The van der Waals surface area contributed by atoms with Gasteiger partial charge in [0, 0.05) is 25.8 Å². The highest BCUT2D eigenvalue weighted by atomic mass is 15.1. The summed E-state index contributed by atoms with van der Waals surface area (Å²) in [6.45, 7) is 5.49. The average Bonchev–Trinajstić information content (AvgIpc) is 2.95. The lowest BCUT2D eigenvalue weighted by Gasteiger charge is -2.26. The maximum Gasteiger partial charge on any atom is 0.0672 e. The molecule has 0 unspecified atom stereocenters. The van der Waals surface area contributed by atoms with Crippen molar-refractivity contribution in [2.75, 3.05) is 26.2 Å². The Kier molecular flexibility index (Phi) is 3.72. The molecule has 3 rings (SSSR count). The van der Waals surface area contributed by atoms with Crippen molar-refractivity contribution >= 4 is 5.57 Å². The normalized spacial score (nSPS) is 21.0. The molecule has 1 fully saturated rings. The number of aromatic nitrogens is 1. The summed E-state index contributed by atoms with van der Waals surface area (Å²) >= 11 is 0. The van der Waals surface area contributed by atoms with Crippen molar-refractivity contribution in [3.8, 4) is 0 Å². The predicted molar refractivity (Wildman–Crippen MR) is 74.2 cm³/mol. The molecule has 96 valence electrons. The van der Waals surface area contributed by atoms with E-state index in [-0.39, 0.29) is 0 Å². The van der Waals surface area contributed by atoms with Crippen LogP contribution in [0.4, 0.5) is 0 Å². The Bertz CT molecular complexity index is 416. The van der Waals surface area contributed by atoms with E-state index in [0.29, 0.717) is 0 Å². The SMILES string of the molecule is C1=C(c2ccc(CN3CCCCC3)cn2)CNC1. The highest BCUT2D eigenvalue weighted by Crippen LogP contribution is 2.16. The van der Waals surface area contributed by atoms with E-state index in [9.17, 15) is 0 Å². The van der Waals surface area contributed by atoms with Crippen molar-refractivity contribution < 1.29 is 0 Å². The Morgan fingerprint density at radius 3 is 2.72 bits per heavy atom. The second-order valence-electron chi connectivity index (χ2n) is 5.25. The number of hydrogen-bond acceptors (Lipinski definition) is 3. The molecule has 0 bridgehead atoms. The van der Waals surface area contributed by atoms with Gasteiger partial charge in [-0.25, -0.2) is 0 Å². The lowest BCUT2D eigenvalue weighted by molar-refractivity contribution is 0.220. The van der Waals surface area contributed by atoms with Gasteiger partial charge >= 0.3 is 0 Å². The van der Waals surface area contributed by atoms with Crippen LogP contribution in [0.3, 0.4) is 0 Å². The van der Waals surface area contributed by atoms with Crippen LogP contribution in [-0.2, 0) is 6.54 Å². The molecule has 1 N–H and O–H groups in total. The fourth-order valence-corrected chi connectivity index (χ4v) is 2.75. The minimum absolute atomic E-state index is 0.957. The van der Waals surface area contributed by atoms with Gasteiger partial charge in [0.05, 0.1) is 5.69 Å². The Morgan fingerprint density at radius 2 is 2.06 bits per heavy atom. The molecule has 0 spiro atoms. The van der Waals surface area contributed by atoms with E-state index in [1.807, 2.05) is 6.20 Å². The van der Waals surface area contributed by atoms with Crippen molar-refractivity contribution in [2.45, 2.75) is 25.8 Å². The molecule has 0 aromatic carbocycles. The first-order chi connectivity index (χ1) is 8.92. The molecule has 3 heterocycles. The minimum Gasteiger partial charge on any atom is -0.309 e. The standard InChI is InChI=1S/C15H21N3/c1-2-8-18(9-3-1)12-13-4-5-15(17-10-13)14-6-7-16-11-14/h4-6,10,16H,1-3,7-9,11-12H2. The molecule has 0 atom stereocenters. The summed E-state index contributed by atoms with van der Waals surface area (Å²) in [6, 6.07) is 4.40. The molecule has 18 heavy (non-hydrogen) atoms. The zero-order valence-corrected chi connectivity index (χ0v) is 10.9. The Morgan fingerprint density at radius 1 is 1.17 bits per heavy atom. The summed E-state index contributed by atoms with van der Waals surface area (Å²) in [7, 11) is 0. The molecular weight excluding hydrogens is 222 g/mol. The summed E-state index contributed by atoms with van der Waals surface area (Å²) in [5, 5.41) is 3.31. The van der Waals surface area contributed by atoms with Gasteiger partial charge in [-0.05, 0) is 43.1 Å². The van der Waals surface area contributed by atoms with Crippen LogP contribution in [0.5, 0.6) is 0 Å². The van der Waals surface area contributed by atoms with E-state index in [4.69, 9.17) is 0 Å². The molecule has 1 aromatic heterocycles. The number of hydrogen-bond donors (Lipinski definition) is 1. The van der Waals surface area contributed by atoms with Crippen LogP contribution in [0.15, 0.2) is 24.4 Å². The van der Waals surface area contributed by atoms with Gasteiger partial charge in [0.1, 0.15) is 0 Å². The lowest BCUT2D eigenvalue weighted by Crippen LogP contribution is -2.29. The Hall–Kier alpha value is -1.19. The summed E-state index contributed by atoms with van der Waals surface area (Å²) in [5.41, 5.74) is 3.80. The van der Waals surface area contributed by atoms with Gasteiger partial charge in [-0.15, -0.1) is 0 Å². The Labute approximate surface area is 109 Å². The van der Waals surface area contributed by atoms with Crippen molar-refractivity contribution in [3.63, 3.8) is 0 Å². The first-order valence-corrected chi connectivity index (χ1v) is 6.99. The van der Waals surface area contributed by atoms with Crippen LogP contribution in [0.2, 0.25) is 0 Å². The van der Waals surface area contributed by atoms with Crippen LogP contribution in [0.25, 0.3) is 5.57 Å². The third kappa shape index (κ3) is 2.79. The van der Waals surface area contributed by atoms with Gasteiger partial charge in [0.2, 0.25) is 0 Å². The van der Waals surface area contributed by atoms with Crippen LogP contribution >= 0.6 is 0 Å². The molecule has 1 aromatic rings. The molecule has 2 aliphatic rings. The van der Waals surface area contributed by atoms with Gasteiger partial charge in [-0.3, -0.25) is 9.88 Å². The molecule has 0 amide bonds. The molecule has 3 nitrogen and oxygen atoms in total. The van der Waals surface area contributed by atoms with Gasteiger partial charge in [-0.2, -0.15) is 0 Å². The average molecular weight is 243 g/mol. The van der Waals surface area contributed by atoms with E-state index in [1.54, 1.807) is 0 Å².